The largest absolute Gasteiger partial charge is 0.454 e. The van der Waals surface area contributed by atoms with E-state index >= 15 is 0 Å². The van der Waals surface area contributed by atoms with Crippen molar-refractivity contribution >= 4 is 33.8 Å². The van der Waals surface area contributed by atoms with E-state index in [9.17, 15) is 19.5 Å². The number of carbonyl (C=O) groups excluding carboxylic acids is 3. The molecule has 26 heavy (non-hydrogen) atoms. The molecular formula is C17H19BrO8. The fourth-order valence-electron chi connectivity index (χ4n) is 2.57. The highest BCUT2D eigenvalue weighted by Gasteiger charge is 2.51. The third-order valence-electron chi connectivity index (χ3n) is 3.62. The zero-order chi connectivity index (χ0) is 19.3. The van der Waals surface area contributed by atoms with Crippen LogP contribution in [0.15, 0.2) is 30.3 Å². The van der Waals surface area contributed by atoms with Gasteiger partial charge in [-0.05, 0) is 12.1 Å². The summed E-state index contributed by atoms with van der Waals surface area (Å²) in [5.74, 6) is -2.06. The predicted molar refractivity (Wildman–Crippen MR) is 91.4 cm³/mol. The SMILES string of the molecule is CC(=O)OC1C(O)OC(CBr)C(OC(=O)c2ccccc2)C1OC(C)=O. The number of aliphatic hydroxyl groups excluding tert-OH is 1. The van der Waals surface area contributed by atoms with Crippen LogP contribution in [0.5, 0.6) is 0 Å². The number of rotatable bonds is 5. The smallest absolute Gasteiger partial charge is 0.338 e. The Hall–Kier alpha value is -1.97. The first-order chi connectivity index (χ1) is 12.3. The van der Waals surface area contributed by atoms with E-state index in [2.05, 4.69) is 15.9 Å². The minimum Gasteiger partial charge on any atom is -0.454 e. The summed E-state index contributed by atoms with van der Waals surface area (Å²) < 4.78 is 21.1. The lowest BCUT2D eigenvalue weighted by Gasteiger charge is -2.42. The molecule has 1 aliphatic heterocycles. The molecular weight excluding hydrogens is 412 g/mol. The number of esters is 3. The van der Waals surface area contributed by atoms with Crippen molar-refractivity contribution in [3.63, 3.8) is 0 Å². The van der Waals surface area contributed by atoms with Gasteiger partial charge in [-0.2, -0.15) is 0 Å². The topological polar surface area (TPSA) is 108 Å². The first-order valence-corrected chi connectivity index (χ1v) is 8.95. The lowest BCUT2D eigenvalue weighted by atomic mass is 9.99. The molecule has 8 nitrogen and oxygen atoms in total. The van der Waals surface area contributed by atoms with Gasteiger partial charge >= 0.3 is 17.9 Å². The average Bonchev–Trinajstić information content (AvgIpc) is 2.60. The molecule has 0 aliphatic carbocycles. The molecule has 1 aliphatic rings. The van der Waals surface area contributed by atoms with Gasteiger partial charge in [0.2, 0.25) is 0 Å². The van der Waals surface area contributed by atoms with Crippen molar-refractivity contribution in [2.75, 3.05) is 5.33 Å². The molecule has 1 heterocycles. The molecule has 0 spiro atoms. The molecule has 2 rings (SSSR count). The molecule has 1 fully saturated rings. The van der Waals surface area contributed by atoms with Crippen LogP contribution in [0.3, 0.4) is 0 Å². The van der Waals surface area contributed by atoms with Crippen molar-refractivity contribution < 1.29 is 38.4 Å². The summed E-state index contributed by atoms with van der Waals surface area (Å²) in [6.07, 6.45) is -6.03. The third-order valence-corrected chi connectivity index (χ3v) is 4.26. The summed E-state index contributed by atoms with van der Waals surface area (Å²) in [6, 6.07) is 8.22. The van der Waals surface area contributed by atoms with Crippen molar-refractivity contribution in [1.82, 2.24) is 0 Å². The molecule has 0 aromatic heterocycles. The maximum absolute atomic E-state index is 12.4. The van der Waals surface area contributed by atoms with Crippen molar-refractivity contribution in [1.29, 1.82) is 0 Å². The number of aliphatic hydroxyl groups is 1. The van der Waals surface area contributed by atoms with E-state index in [-0.39, 0.29) is 10.9 Å². The minimum atomic E-state index is -1.54. The van der Waals surface area contributed by atoms with E-state index in [0.29, 0.717) is 0 Å². The number of benzene rings is 1. The molecule has 142 valence electrons. The molecule has 0 amide bonds. The number of alkyl halides is 1. The van der Waals surface area contributed by atoms with Crippen molar-refractivity contribution in [3.8, 4) is 0 Å². The van der Waals surface area contributed by atoms with Gasteiger partial charge in [0, 0.05) is 19.2 Å². The van der Waals surface area contributed by atoms with Gasteiger partial charge in [-0.1, -0.05) is 34.1 Å². The molecule has 1 N–H and O–H groups in total. The number of hydrogen-bond donors (Lipinski definition) is 1. The second kappa shape index (κ2) is 9.11. The van der Waals surface area contributed by atoms with E-state index in [1.165, 1.54) is 0 Å². The Labute approximate surface area is 158 Å². The zero-order valence-corrected chi connectivity index (χ0v) is 15.7. The fraction of sp³-hybridized carbons (Fsp3) is 0.471. The van der Waals surface area contributed by atoms with Gasteiger partial charge in [0.15, 0.2) is 24.6 Å². The summed E-state index contributed by atoms with van der Waals surface area (Å²) in [5, 5.41) is 10.3. The molecule has 1 aromatic rings. The normalized spacial score (nSPS) is 28.1. The van der Waals surface area contributed by atoms with Crippen LogP contribution in [0, 0.1) is 0 Å². The maximum atomic E-state index is 12.4. The van der Waals surface area contributed by atoms with Crippen LogP contribution in [0.2, 0.25) is 0 Å². The van der Waals surface area contributed by atoms with Gasteiger partial charge in [-0.25, -0.2) is 4.79 Å². The van der Waals surface area contributed by atoms with Crippen LogP contribution < -0.4 is 0 Å². The Balaban J connectivity index is 2.30. The molecule has 9 heteroatoms. The van der Waals surface area contributed by atoms with E-state index < -0.39 is 48.6 Å². The summed E-state index contributed by atoms with van der Waals surface area (Å²) in [6.45, 7) is 2.30. The van der Waals surface area contributed by atoms with Crippen LogP contribution in [-0.4, -0.2) is 59.1 Å². The van der Waals surface area contributed by atoms with Crippen LogP contribution in [0.4, 0.5) is 0 Å². The van der Waals surface area contributed by atoms with Crippen LogP contribution >= 0.6 is 15.9 Å². The van der Waals surface area contributed by atoms with Crippen molar-refractivity contribution in [2.24, 2.45) is 0 Å². The monoisotopic (exact) mass is 430 g/mol. The Bertz CT molecular complexity index is 649. The highest BCUT2D eigenvalue weighted by Crippen LogP contribution is 2.29. The van der Waals surface area contributed by atoms with Gasteiger partial charge in [0.1, 0.15) is 6.10 Å². The summed E-state index contributed by atoms with van der Waals surface area (Å²) >= 11 is 3.21. The van der Waals surface area contributed by atoms with E-state index in [1.807, 2.05) is 0 Å². The first-order valence-electron chi connectivity index (χ1n) is 7.83. The van der Waals surface area contributed by atoms with Gasteiger partial charge in [0.05, 0.1) is 5.56 Å². The summed E-state index contributed by atoms with van der Waals surface area (Å²) in [4.78, 5) is 35.3. The van der Waals surface area contributed by atoms with Gasteiger partial charge < -0.3 is 24.1 Å². The van der Waals surface area contributed by atoms with Gasteiger partial charge in [-0.3, -0.25) is 9.59 Å². The Morgan fingerprint density at radius 3 is 2.12 bits per heavy atom. The van der Waals surface area contributed by atoms with Gasteiger partial charge in [0.25, 0.3) is 0 Å². The quantitative estimate of drug-likeness (QED) is 0.421. The molecule has 5 atom stereocenters. The summed E-state index contributed by atoms with van der Waals surface area (Å²) in [5.41, 5.74) is 0.289. The van der Waals surface area contributed by atoms with E-state index in [1.54, 1.807) is 30.3 Å². The van der Waals surface area contributed by atoms with Crippen LogP contribution in [-0.2, 0) is 28.5 Å². The second-order valence-electron chi connectivity index (χ2n) is 5.60. The molecule has 0 bridgehead atoms. The van der Waals surface area contributed by atoms with Crippen molar-refractivity contribution in [2.45, 2.75) is 44.6 Å². The highest BCUT2D eigenvalue weighted by atomic mass is 79.9. The van der Waals surface area contributed by atoms with E-state index in [4.69, 9.17) is 18.9 Å². The highest BCUT2D eigenvalue weighted by molar-refractivity contribution is 9.09. The van der Waals surface area contributed by atoms with Crippen LogP contribution in [0.25, 0.3) is 0 Å². The Morgan fingerprint density at radius 2 is 1.58 bits per heavy atom. The predicted octanol–water partition coefficient (Wildman–Crippen LogP) is 1.19. The lowest BCUT2D eigenvalue weighted by Crippen LogP contribution is -2.61. The van der Waals surface area contributed by atoms with Gasteiger partial charge in [-0.15, -0.1) is 0 Å². The molecule has 1 aromatic carbocycles. The minimum absolute atomic E-state index is 0.182. The Morgan fingerprint density at radius 1 is 1.00 bits per heavy atom. The molecule has 0 radical (unpaired) electrons. The summed E-state index contributed by atoms with van der Waals surface area (Å²) in [7, 11) is 0. The van der Waals surface area contributed by atoms with Crippen molar-refractivity contribution in [3.05, 3.63) is 35.9 Å². The van der Waals surface area contributed by atoms with Crippen LogP contribution in [0.1, 0.15) is 24.2 Å². The standard InChI is InChI=1S/C17H19BrO8/c1-9(19)23-14-13(26-16(21)11-6-4-3-5-7-11)12(8-18)25-17(22)15(14)24-10(2)20/h3-7,12-15,17,22H,8H2,1-2H3. The van der Waals surface area contributed by atoms with E-state index in [0.717, 1.165) is 13.8 Å². The third kappa shape index (κ3) is 5.03. The molecule has 1 saturated heterocycles. The number of carbonyl (C=O) groups is 3. The molecule has 0 saturated carbocycles. The maximum Gasteiger partial charge on any atom is 0.338 e. The first kappa shape index (κ1) is 20.3. The average molecular weight is 431 g/mol. The Kier molecular flexibility index (Phi) is 7.13. The number of ether oxygens (including phenoxy) is 4. The second-order valence-corrected chi connectivity index (χ2v) is 6.25. The molecule has 5 unspecified atom stereocenters. The fourth-order valence-corrected chi connectivity index (χ4v) is 3.09. The number of halogens is 1. The lowest BCUT2D eigenvalue weighted by molar-refractivity contribution is -0.283. The number of hydrogen-bond acceptors (Lipinski definition) is 8. The zero-order valence-electron chi connectivity index (χ0n) is 14.2.